The monoisotopic (exact) mass is 393 g/mol. The molecule has 0 unspecified atom stereocenters. The topological polar surface area (TPSA) is 21.3 Å². The number of hydrogen-bond donors (Lipinski definition) is 1. The second-order valence-corrected chi connectivity index (χ2v) is 5.85. The zero-order valence-corrected chi connectivity index (χ0v) is 13.9. The van der Waals surface area contributed by atoms with Crippen LogP contribution in [0, 0.1) is 12.3 Å². The molecule has 4 heteroatoms. The first-order chi connectivity index (χ1) is 9.70. The van der Waals surface area contributed by atoms with Crippen molar-refractivity contribution >= 4 is 37.5 Å². The first-order valence-electron chi connectivity index (χ1n) is 6.04. The Kier molecular flexibility index (Phi) is 5.51. The highest BCUT2D eigenvalue weighted by Crippen LogP contribution is 2.26. The summed E-state index contributed by atoms with van der Waals surface area (Å²) >= 11 is 6.99. The number of hydrogen-bond acceptors (Lipinski definition) is 2. The van der Waals surface area contributed by atoms with Crippen LogP contribution in [0.3, 0.4) is 0 Å². The summed E-state index contributed by atoms with van der Waals surface area (Å²) in [5, 5.41) is 3.37. The molecule has 0 heterocycles. The van der Waals surface area contributed by atoms with Crippen LogP contribution in [0.5, 0.6) is 5.75 Å². The number of rotatable bonds is 5. The number of terminal acetylenes is 1. The number of benzene rings is 2. The fourth-order valence-corrected chi connectivity index (χ4v) is 2.57. The quantitative estimate of drug-likeness (QED) is 0.733. The Morgan fingerprint density at radius 3 is 2.70 bits per heavy atom. The number of nitrogens with one attached hydrogen (secondary N) is 1. The summed E-state index contributed by atoms with van der Waals surface area (Å²) in [6, 6.07) is 13.9. The predicted octanol–water partition coefficient (Wildman–Crippen LogP) is 4.84. The third-order valence-corrected chi connectivity index (χ3v) is 3.86. The summed E-state index contributed by atoms with van der Waals surface area (Å²) in [7, 11) is 0. The van der Waals surface area contributed by atoms with E-state index in [2.05, 4.69) is 43.1 Å². The summed E-state index contributed by atoms with van der Waals surface area (Å²) < 4.78 is 7.59. The molecule has 0 aliphatic rings. The maximum absolute atomic E-state index is 5.55. The Morgan fingerprint density at radius 1 is 1.15 bits per heavy atom. The van der Waals surface area contributed by atoms with Crippen molar-refractivity contribution in [1.29, 1.82) is 0 Å². The molecule has 2 nitrogen and oxygen atoms in total. The van der Waals surface area contributed by atoms with E-state index in [0.29, 0.717) is 6.54 Å². The van der Waals surface area contributed by atoms with Crippen molar-refractivity contribution < 1.29 is 4.74 Å². The second-order valence-electron chi connectivity index (χ2n) is 4.08. The van der Waals surface area contributed by atoms with E-state index in [1.165, 1.54) is 0 Å². The Balaban J connectivity index is 2.14. The zero-order valence-electron chi connectivity index (χ0n) is 10.7. The van der Waals surface area contributed by atoms with Crippen LogP contribution in [-0.4, -0.2) is 6.61 Å². The van der Waals surface area contributed by atoms with Gasteiger partial charge in [-0.05, 0) is 46.3 Å². The molecule has 1 N–H and O–H groups in total. The highest BCUT2D eigenvalue weighted by atomic mass is 79.9. The Hall–Kier alpha value is -1.44. The molecule has 0 bridgehead atoms. The van der Waals surface area contributed by atoms with Gasteiger partial charge in [0.2, 0.25) is 0 Å². The molecule has 20 heavy (non-hydrogen) atoms. The molecule has 0 spiro atoms. The van der Waals surface area contributed by atoms with Gasteiger partial charge >= 0.3 is 0 Å². The molecule has 0 aliphatic heterocycles. The van der Waals surface area contributed by atoms with Gasteiger partial charge in [0, 0.05) is 26.7 Å². The maximum atomic E-state index is 5.55. The normalized spacial score (nSPS) is 9.85. The van der Waals surface area contributed by atoms with E-state index >= 15 is 0 Å². The van der Waals surface area contributed by atoms with E-state index in [4.69, 9.17) is 11.2 Å². The minimum atomic E-state index is 0.268. The Morgan fingerprint density at radius 2 is 1.95 bits per heavy atom. The average molecular weight is 395 g/mol. The Labute approximate surface area is 135 Å². The molecule has 0 aromatic heterocycles. The highest BCUT2D eigenvalue weighted by Gasteiger charge is 2.05. The smallest absolute Gasteiger partial charge is 0.148 e. The van der Waals surface area contributed by atoms with Crippen LogP contribution in [0.2, 0.25) is 0 Å². The van der Waals surface area contributed by atoms with E-state index in [-0.39, 0.29) is 6.61 Å². The first-order valence-corrected chi connectivity index (χ1v) is 7.62. The molecule has 0 saturated heterocycles. The molecule has 2 aromatic rings. The molecule has 0 radical (unpaired) electrons. The van der Waals surface area contributed by atoms with Crippen LogP contribution < -0.4 is 10.1 Å². The number of anilines is 1. The molecule has 0 fully saturated rings. The van der Waals surface area contributed by atoms with Crippen LogP contribution in [0.1, 0.15) is 5.56 Å². The van der Waals surface area contributed by atoms with Crippen LogP contribution in [0.15, 0.2) is 51.4 Å². The lowest BCUT2D eigenvalue weighted by Crippen LogP contribution is -2.04. The Bertz CT molecular complexity index is 635. The highest BCUT2D eigenvalue weighted by molar-refractivity contribution is 9.10. The average Bonchev–Trinajstić information content (AvgIpc) is 2.45. The van der Waals surface area contributed by atoms with Gasteiger partial charge in [0.05, 0.1) is 0 Å². The van der Waals surface area contributed by atoms with Crippen molar-refractivity contribution in [2.24, 2.45) is 0 Å². The van der Waals surface area contributed by atoms with Gasteiger partial charge in [0.25, 0.3) is 0 Å². The maximum Gasteiger partial charge on any atom is 0.148 e. The molecular formula is C16H13Br2NO. The van der Waals surface area contributed by atoms with E-state index in [9.17, 15) is 0 Å². The van der Waals surface area contributed by atoms with Crippen molar-refractivity contribution in [2.75, 3.05) is 11.9 Å². The van der Waals surface area contributed by atoms with Gasteiger partial charge in [-0.25, -0.2) is 0 Å². The van der Waals surface area contributed by atoms with Crippen molar-refractivity contribution in [2.45, 2.75) is 6.54 Å². The largest absolute Gasteiger partial charge is 0.481 e. The molecule has 0 aliphatic carbocycles. The van der Waals surface area contributed by atoms with Crippen molar-refractivity contribution in [3.8, 4) is 18.1 Å². The second kappa shape index (κ2) is 7.37. The van der Waals surface area contributed by atoms with Gasteiger partial charge in [-0.15, -0.1) is 6.42 Å². The van der Waals surface area contributed by atoms with Gasteiger partial charge < -0.3 is 10.1 Å². The zero-order chi connectivity index (χ0) is 14.4. The molecule has 0 amide bonds. The van der Waals surface area contributed by atoms with Gasteiger partial charge in [-0.1, -0.05) is 34.0 Å². The van der Waals surface area contributed by atoms with Crippen molar-refractivity contribution in [3.05, 3.63) is 57.0 Å². The summed E-state index contributed by atoms with van der Waals surface area (Å²) in [5.74, 6) is 3.28. The first kappa shape index (κ1) is 15.0. The summed E-state index contributed by atoms with van der Waals surface area (Å²) in [6.07, 6.45) is 5.24. The minimum absolute atomic E-state index is 0.268. The summed E-state index contributed by atoms with van der Waals surface area (Å²) in [4.78, 5) is 0. The van der Waals surface area contributed by atoms with Crippen molar-refractivity contribution in [3.63, 3.8) is 0 Å². The lowest BCUT2D eigenvalue weighted by atomic mass is 10.2. The molecule has 2 rings (SSSR count). The third kappa shape index (κ3) is 4.03. The molecule has 0 saturated carbocycles. The summed E-state index contributed by atoms with van der Waals surface area (Å²) in [5.41, 5.74) is 2.08. The van der Waals surface area contributed by atoms with Gasteiger partial charge in [-0.3, -0.25) is 0 Å². The van der Waals surface area contributed by atoms with Gasteiger partial charge in [0.1, 0.15) is 12.4 Å². The van der Waals surface area contributed by atoms with E-state index < -0.39 is 0 Å². The van der Waals surface area contributed by atoms with E-state index in [0.717, 1.165) is 25.9 Å². The number of para-hydroxylation sites is 1. The van der Waals surface area contributed by atoms with Crippen LogP contribution in [0.25, 0.3) is 0 Å². The number of ether oxygens (including phenoxy) is 1. The molecule has 102 valence electrons. The number of halogens is 2. The summed E-state index contributed by atoms with van der Waals surface area (Å²) in [6.45, 7) is 0.922. The SMILES string of the molecule is C#CCOc1ccc(Br)cc1CNc1ccccc1Br. The van der Waals surface area contributed by atoms with Crippen LogP contribution >= 0.6 is 31.9 Å². The lowest BCUT2D eigenvalue weighted by molar-refractivity contribution is 0.366. The standard InChI is InChI=1S/C16H13Br2NO/c1-2-9-20-16-8-7-13(17)10-12(16)11-19-15-6-4-3-5-14(15)18/h1,3-8,10,19H,9,11H2. The van der Waals surface area contributed by atoms with Crippen LogP contribution in [0.4, 0.5) is 5.69 Å². The predicted molar refractivity (Wildman–Crippen MR) is 89.9 cm³/mol. The van der Waals surface area contributed by atoms with Crippen molar-refractivity contribution in [1.82, 2.24) is 0 Å². The van der Waals surface area contributed by atoms with Crippen LogP contribution in [-0.2, 0) is 6.54 Å². The minimum Gasteiger partial charge on any atom is -0.481 e. The van der Waals surface area contributed by atoms with Gasteiger partial charge in [-0.2, -0.15) is 0 Å². The van der Waals surface area contributed by atoms with E-state index in [1.807, 2.05) is 42.5 Å². The molecule has 0 atom stereocenters. The fraction of sp³-hybridized carbons (Fsp3) is 0.125. The van der Waals surface area contributed by atoms with E-state index in [1.54, 1.807) is 0 Å². The molecule has 2 aromatic carbocycles. The third-order valence-electron chi connectivity index (χ3n) is 2.68. The lowest BCUT2D eigenvalue weighted by Gasteiger charge is -2.13. The fourth-order valence-electron chi connectivity index (χ4n) is 1.74. The molecular weight excluding hydrogens is 382 g/mol. The van der Waals surface area contributed by atoms with Gasteiger partial charge in [0.15, 0.2) is 0 Å².